The molecule has 0 aliphatic carbocycles. The van der Waals surface area contributed by atoms with E-state index < -0.39 is 0 Å². The molecule has 0 spiro atoms. The van der Waals surface area contributed by atoms with E-state index in [1.54, 1.807) is 13.2 Å². The molecule has 0 amide bonds. The summed E-state index contributed by atoms with van der Waals surface area (Å²) in [6.45, 7) is 3.85. The zero-order chi connectivity index (χ0) is 13.3. The van der Waals surface area contributed by atoms with Gasteiger partial charge in [-0.05, 0) is 48.7 Å². The van der Waals surface area contributed by atoms with Gasteiger partial charge in [-0.1, -0.05) is 11.6 Å². The van der Waals surface area contributed by atoms with E-state index in [0.29, 0.717) is 5.56 Å². The maximum Gasteiger partial charge on any atom is 0.272 e. The van der Waals surface area contributed by atoms with E-state index >= 15 is 0 Å². The van der Waals surface area contributed by atoms with Crippen LogP contribution in [0.4, 0.5) is 0 Å². The molecule has 0 aliphatic rings. The zero-order valence-corrected chi connectivity index (χ0v) is 11.1. The number of methoxy groups -OCH3 is 1. The van der Waals surface area contributed by atoms with Gasteiger partial charge in [0.05, 0.1) is 12.7 Å². The number of hydrogen-bond acceptors (Lipinski definition) is 3. The quantitative estimate of drug-likeness (QED) is 0.907. The van der Waals surface area contributed by atoms with Crippen LogP contribution in [0.1, 0.15) is 11.1 Å². The zero-order valence-electron chi connectivity index (χ0n) is 10.4. The van der Waals surface area contributed by atoms with Gasteiger partial charge in [-0.2, -0.15) is 5.10 Å². The first-order valence-corrected chi connectivity index (χ1v) is 5.81. The van der Waals surface area contributed by atoms with Crippen LogP contribution < -0.4 is 10.3 Å². The second kappa shape index (κ2) is 4.82. The van der Waals surface area contributed by atoms with Crippen LogP contribution in [0.25, 0.3) is 11.1 Å². The van der Waals surface area contributed by atoms with E-state index in [0.717, 1.165) is 22.4 Å². The molecule has 18 heavy (non-hydrogen) atoms. The van der Waals surface area contributed by atoms with Crippen LogP contribution in [0.2, 0.25) is 5.15 Å². The van der Waals surface area contributed by atoms with E-state index in [1.165, 1.54) is 0 Å². The Balaban J connectivity index is 2.68. The van der Waals surface area contributed by atoms with E-state index in [2.05, 4.69) is 10.2 Å². The Hall–Kier alpha value is -1.81. The van der Waals surface area contributed by atoms with Crippen LogP contribution in [0.5, 0.6) is 5.75 Å². The van der Waals surface area contributed by atoms with E-state index in [4.69, 9.17) is 16.3 Å². The van der Waals surface area contributed by atoms with Crippen molar-refractivity contribution in [3.63, 3.8) is 0 Å². The monoisotopic (exact) mass is 264 g/mol. The summed E-state index contributed by atoms with van der Waals surface area (Å²) in [4.78, 5) is 11.8. The lowest BCUT2D eigenvalue weighted by atomic mass is 9.99. The number of ether oxygens (including phenoxy) is 1. The smallest absolute Gasteiger partial charge is 0.272 e. The lowest BCUT2D eigenvalue weighted by molar-refractivity contribution is 0.411. The van der Waals surface area contributed by atoms with E-state index in [9.17, 15) is 4.79 Å². The number of aromatic nitrogens is 2. The van der Waals surface area contributed by atoms with Crippen LogP contribution in [0.15, 0.2) is 23.0 Å². The van der Waals surface area contributed by atoms with Crippen molar-refractivity contribution < 1.29 is 4.74 Å². The fraction of sp³-hybridized carbons (Fsp3) is 0.231. The standard InChI is InChI=1S/C13H13ClN2O2/c1-7-5-11(18-3)8(2)4-9(7)10-6-12(14)15-16-13(10)17/h4-6H,1-3H3,(H,16,17). The predicted molar refractivity (Wildman–Crippen MR) is 71.3 cm³/mol. The minimum atomic E-state index is -0.257. The maximum atomic E-state index is 11.8. The molecule has 94 valence electrons. The molecule has 1 aromatic carbocycles. The number of rotatable bonds is 2. The van der Waals surface area contributed by atoms with E-state index in [-0.39, 0.29) is 10.7 Å². The molecule has 4 nitrogen and oxygen atoms in total. The number of benzene rings is 1. The lowest BCUT2D eigenvalue weighted by Crippen LogP contribution is -2.11. The largest absolute Gasteiger partial charge is 0.496 e. The summed E-state index contributed by atoms with van der Waals surface area (Å²) in [6.07, 6.45) is 0. The van der Waals surface area contributed by atoms with Crippen molar-refractivity contribution in [2.75, 3.05) is 7.11 Å². The van der Waals surface area contributed by atoms with Gasteiger partial charge in [0.25, 0.3) is 5.56 Å². The highest BCUT2D eigenvalue weighted by molar-refractivity contribution is 6.29. The Morgan fingerprint density at radius 2 is 1.89 bits per heavy atom. The first-order chi connectivity index (χ1) is 8.52. The first kappa shape index (κ1) is 12.6. The number of hydrogen-bond donors (Lipinski definition) is 1. The molecule has 5 heteroatoms. The third-order valence-electron chi connectivity index (χ3n) is 2.80. The van der Waals surface area contributed by atoms with Gasteiger partial charge in [-0.3, -0.25) is 4.79 Å². The summed E-state index contributed by atoms with van der Waals surface area (Å²) >= 11 is 5.81. The molecule has 0 unspecified atom stereocenters. The highest BCUT2D eigenvalue weighted by Crippen LogP contribution is 2.28. The molecule has 0 fully saturated rings. The molecular formula is C13H13ClN2O2. The minimum absolute atomic E-state index is 0.257. The highest BCUT2D eigenvalue weighted by atomic mass is 35.5. The average molecular weight is 265 g/mol. The lowest BCUT2D eigenvalue weighted by Gasteiger charge is -2.10. The van der Waals surface area contributed by atoms with Crippen molar-refractivity contribution in [1.82, 2.24) is 10.2 Å². The Bertz CT molecular complexity index is 650. The number of nitrogens with zero attached hydrogens (tertiary/aromatic N) is 1. The van der Waals surface area contributed by atoms with Crippen molar-refractivity contribution >= 4 is 11.6 Å². The van der Waals surface area contributed by atoms with Crippen molar-refractivity contribution in [2.45, 2.75) is 13.8 Å². The van der Waals surface area contributed by atoms with Crippen molar-refractivity contribution in [3.05, 3.63) is 44.8 Å². The van der Waals surface area contributed by atoms with Crippen molar-refractivity contribution in [3.8, 4) is 16.9 Å². The number of aromatic amines is 1. The minimum Gasteiger partial charge on any atom is -0.496 e. The molecule has 2 rings (SSSR count). The SMILES string of the molecule is COc1cc(C)c(-c2cc(Cl)n[nH]c2=O)cc1C. The molecular weight excluding hydrogens is 252 g/mol. The number of nitrogens with one attached hydrogen (secondary N) is 1. The molecule has 0 radical (unpaired) electrons. The van der Waals surface area contributed by atoms with Crippen LogP contribution in [0.3, 0.4) is 0 Å². The second-order valence-corrected chi connectivity index (χ2v) is 4.46. The fourth-order valence-electron chi connectivity index (χ4n) is 1.88. The van der Waals surface area contributed by atoms with Gasteiger partial charge in [0.15, 0.2) is 0 Å². The normalized spacial score (nSPS) is 10.4. The van der Waals surface area contributed by atoms with Crippen LogP contribution in [0, 0.1) is 13.8 Å². The van der Waals surface area contributed by atoms with Gasteiger partial charge in [0, 0.05) is 0 Å². The Kier molecular flexibility index (Phi) is 3.39. The second-order valence-electron chi connectivity index (χ2n) is 4.07. The van der Waals surface area contributed by atoms with Crippen LogP contribution >= 0.6 is 11.6 Å². The summed E-state index contributed by atoms with van der Waals surface area (Å²) in [5, 5.41) is 6.29. The molecule has 2 aromatic rings. The van der Waals surface area contributed by atoms with Crippen molar-refractivity contribution in [1.29, 1.82) is 0 Å². The Morgan fingerprint density at radius 1 is 1.17 bits per heavy atom. The summed E-state index contributed by atoms with van der Waals surface area (Å²) in [6, 6.07) is 5.38. The summed E-state index contributed by atoms with van der Waals surface area (Å²) in [5.74, 6) is 0.799. The molecule has 0 aliphatic heterocycles. The predicted octanol–water partition coefficient (Wildman–Crippen LogP) is 2.72. The van der Waals surface area contributed by atoms with Gasteiger partial charge in [-0.15, -0.1) is 0 Å². The van der Waals surface area contributed by atoms with Crippen LogP contribution in [-0.4, -0.2) is 17.3 Å². The number of H-pyrrole nitrogens is 1. The molecule has 0 saturated carbocycles. The van der Waals surface area contributed by atoms with E-state index in [1.807, 2.05) is 26.0 Å². The third kappa shape index (κ3) is 2.24. The average Bonchev–Trinajstić information content (AvgIpc) is 2.35. The van der Waals surface area contributed by atoms with Gasteiger partial charge in [0.1, 0.15) is 10.9 Å². The molecule has 1 aromatic heterocycles. The number of aryl methyl sites for hydroxylation is 2. The first-order valence-electron chi connectivity index (χ1n) is 5.43. The number of halogens is 1. The topological polar surface area (TPSA) is 55.0 Å². The maximum absolute atomic E-state index is 11.8. The molecule has 0 saturated heterocycles. The molecule has 0 bridgehead atoms. The van der Waals surface area contributed by atoms with Crippen LogP contribution in [-0.2, 0) is 0 Å². The third-order valence-corrected chi connectivity index (χ3v) is 3.00. The Labute approximate surface area is 110 Å². The molecule has 0 atom stereocenters. The summed E-state index contributed by atoms with van der Waals surface area (Å²) in [7, 11) is 1.62. The van der Waals surface area contributed by atoms with Gasteiger partial charge in [-0.25, -0.2) is 5.10 Å². The van der Waals surface area contributed by atoms with Crippen molar-refractivity contribution in [2.24, 2.45) is 0 Å². The molecule has 1 N–H and O–H groups in total. The molecule has 1 heterocycles. The highest BCUT2D eigenvalue weighted by Gasteiger charge is 2.11. The summed E-state index contributed by atoms with van der Waals surface area (Å²) in [5.41, 5.74) is 3.00. The van der Waals surface area contributed by atoms with Gasteiger partial charge < -0.3 is 4.74 Å². The summed E-state index contributed by atoms with van der Waals surface area (Å²) < 4.78 is 5.25. The fourth-order valence-corrected chi connectivity index (χ4v) is 2.03. The Morgan fingerprint density at radius 3 is 2.56 bits per heavy atom. The van der Waals surface area contributed by atoms with Gasteiger partial charge in [0.2, 0.25) is 0 Å². The van der Waals surface area contributed by atoms with Gasteiger partial charge >= 0.3 is 0 Å².